The lowest BCUT2D eigenvalue weighted by Gasteiger charge is -2.13. The molecule has 0 fully saturated rings. The smallest absolute Gasteiger partial charge is 0.338 e. The number of benzene rings is 1. The van der Waals surface area contributed by atoms with E-state index in [1.807, 2.05) is 6.92 Å². The molecule has 0 spiro atoms. The van der Waals surface area contributed by atoms with Gasteiger partial charge in [0.1, 0.15) is 0 Å². The van der Waals surface area contributed by atoms with Gasteiger partial charge < -0.3 is 24.3 Å². The van der Waals surface area contributed by atoms with Crippen molar-refractivity contribution in [1.82, 2.24) is 5.32 Å². The summed E-state index contributed by atoms with van der Waals surface area (Å²) in [6, 6.07) is 2.88. The quantitative estimate of drug-likeness (QED) is 0.508. The van der Waals surface area contributed by atoms with Crippen LogP contribution in [0.3, 0.4) is 0 Å². The molecule has 24 heavy (non-hydrogen) atoms. The molecule has 134 valence electrons. The molecule has 0 bridgehead atoms. The fraction of sp³-hybridized carbons (Fsp3) is 0.500. The Morgan fingerprint density at radius 3 is 2.58 bits per heavy atom. The third-order valence-electron chi connectivity index (χ3n) is 2.88. The van der Waals surface area contributed by atoms with Crippen LogP contribution in [0.1, 0.15) is 23.7 Å². The Kier molecular flexibility index (Phi) is 8.96. The molecule has 0 aliphatic heterocycles. The third-order valence-corrected chi connectivity index (χ3v) is 3.16. The van der Waals surface area contributed by atoms with E-state index in [0.29, 0.717) is 31.3 Å². The van der Waals surface area contributed by atoms with Gasteiger partial charge in [-0.25, -0.2) is 4.79 Å². The van der Waals surface area contributed by atoms with Crippen molar-refractivity contribution in [3.63, 3.8) is 0 Å². The molecule has 0 unspecified atom stereocenters. The maximum Gasteiger partial charge on any atom is 0.338 e. The molecular formula is C16H22ClNO6. The minimum absolute atomic E-state index is 0.172. The summed E-state index contributed by atoms with van der Waals surface area (Å²) in [5.41, 5.74) is 0.172. The SMILES string of the molecule is CCCOc1c(Cl)cc(C(=O)OCC(=O)NCCOC)cc1OC. The van der Waals surface area contributed by atoms with Crippen molar-refractivity contribution in [3.8, 4) is 11.5 Å². The van der Waals surface area contributed by atoms with Crippen molar-refractivity contribution in [2.45, 2.75) is 13.3 Å². The molecule has 1 aromatic carbocycles. The first-order chi connectivity index (χ1) is 11.5. The van der Waals surface area contributed by atoms with Crippen molar-refractivity contribution in [2.75, 3.05) is 40.6 Å². The summed E-state index contributed by atoms with van der Waals surface area (Å²) in [5, 5.41) is 2.78. The minimum atomic E-state index is -0.681. The molecule has 0 heterocycles. The van der Waals surface area contributed by atoms with E-state index in [-0.39, 0.29) is 10.6 Å². The van der Waals surface area contributed by atoms with Gasteiger partial charge in [0, 0.05) is 13.7 Å². The van der Waals surface area contributed by atoms with Crippen LogP contribution in [0.2, 0.25) is 5.02 Å². The van der Waals surface area contributed by atoms with Crippen LogP contribution in [0.4, 0.5) is 0 Å². The Hall–Kier alpha value is -1.99. The van der Waals surface area contributed by atoms with Crippen LogP contribution in [0.5, 0.6) is 11.5 Å². The molecule has 0 aliphatic carbocycles. The van der Waals surface area contributed by atoms with Crippen LogP contribution in [0.25, 0.3) is 0 Å². The van der Waals surface area contributed by atoms with Crippen molar-refractivity contribution in [1.29, 1.82) is 0 Å². The second-order valence-corrected chi connectivity index (χ2v) is 5.16. The summed E-state index contributed by atoms with van der Waals surface area (Å²) in [5.74, 6) is -0.400. The fourth-order valence-corrected chi connectivity index (χ4v) is 2.01. The fourth-order valence-electron chi connectivity index (χ4n) is 1.74. The predicted octanol–water partition coefficient (Wildman–Crippen LogP) is 2.06. The van der Waals surface area contributed by atoms with E-state index >= 15 is 0 Å². The number of methoxy groups -OCH3 is 2. The van der Waals surface area contributed by atoms with Gasteiger partial charge in [0.15, 0.2) is 18.1 Å². The third kappa shape index (κ3) is 6.25. The average Bonchev–Trinajstić information content (AvgIpc) is 2.58. The molecule has 0 aliphatic rings. The van der Waals surface area contributed by atoms with Crippen LogP contribution in [-0.4, -0.2) is 52.5 Å². The Morgan fingerprint density at radius 1 is 1.21 bits per heavy atom. The van der Waals surface area contributed by atoms with Gasteiger partial charge >= 0.3 is 5.97 Å². The van der Waals surface area contributed by atoms with Gasteiger partial charge in [0.2, 0.25) is 0 Å². The lowest BCUT2D eigenvalue weighted by atomic mass is 10.2. The van der Waals surface area contributed by atoms with Crippen molar-refractivity contribution < 1.29 is 28.5 Å². The number of hydrogen-bond donors (Lipinski definition) is 1. The van der Waals surface area contributed by atoms with E-state index in [1.165, 1.54) is 26.4 Å². The average molecular weight is 360 g/mol. The summed E-state index contributed by atoms with van der Waals surface area (Å²) >= 11 is 6.13. The number of ether oxygens (including phenoxy) is 4. The van der Waals surface area contributed by atoms with Gasteiger partial charge in [0.25, 0.3) is 5.91 Å². The van der Waals surface area contributed by atoms with Crippen molar-refractivity contribution in [3.05, 3.63) is 22.7 Å². The standard InChI is InChI=1S/C16H22ClNO6/c1-4-6-23-15-12(17)8-11(9-13(15)22-3)16(20)24-10-14(19)18-5-7-21-2/h8-9H,4-7,10H2,1-3H3,(H,18,19). The van der Waals surface area contributed by atoms with Crippen molar-refractivity contribution >= 4 is 23.5 Å². The highest BCUT2D eigenvalue weighted by Gasteiger charge is 2.17. The highest BCUT2D eigenvalue weighted by molar-refractivity contribution is 6.32. The van der Waals surface area contributed by atoms with Gasteiger partial charge in [0.05, 0.1) is 30.9 Å². The number of halogens is 1. The maximum atomic E-state index is 12.0. The molecule has 1 rings (SSSR count). The summed E-state index contributed by atoms with van der Waals surface area (Å²) in [6.45, 7) is 2.77. The lowest BCUT2D eigenvalue weighted by molar-refractivity contribution is -0.124. The van der Waals surface area contributed by atoms with Gasteiger partial charge in [-0.15, -0.1) is 0 Å². The Bertz CT molecular complexity index is 564. The van der Waals surface area contributed by atoms with Crippen LogP contribution in [-0.2, 0) is 14.3 Å². The number of esters is 1. The zero-order chi connectivity index (χ0) is 17.9. The Morgan fingerprint density at radius 2 is 1.96 bits per heavy atom. The molecule has 1 amide bonds. The summed E-state index contributed by atoms with van der Waals surface area (Å²) in [6.07, 6.45) is 0.807. The minimum Gasteiger partial charge on any atom is -0.493 e. The largest absolute Gasteiger partial charge is 0.493 e. The molecule has 8 heteroatoms. The molecule has 0 atom stereocenters. The number of rotatable bonds is 10. The van der Waals surface area contributed by atoms with Gasteiger partial charge in [-0.3, -0.25) is 4.79 Å². The molecule has 0 saturated carbocycles. The topological polar surface area (TPSA) is 83.1 Å². The molecule has 7 nitrogen and oxygen atoms in total. The second kappa shape index (κ2) is 10.7. The predicted molar refractivity (Wildman–Crippen MR) is 89.0 cm³/mol. The van der Waals surface area contributed by atoms with Crippen LogP contribution >= 0.6 is 11.6 Å². The van der Waals surface area contributed by atoms with E-state index in [2.05, 4.69) is 5.32 Å². The first kappa shape index (κ1) is 20.1. The van der Waals surface area contributed by atoms with E-state index in [1.54, 1.807) is 0 Å². The van der Waals surface area contributed by atoms with Crippen LogP contribution in [0, 0.1) is 0 Å². The number of carbonyl (C=O) groups excluding carboxylic acids is 2. The molecule has 1 aromatic rings. The normalized spacial score (nSPS) is 10.2. The summed E-state index contributed by atoms with van der Waals surface area (Å²) < 4.78 is 20.5. The van der Waals surface area contributed by atoms with Gasteiger partial charge in [-0.1, -0.05) is 18.5 Å². The highest BCUT2D eigenvalue weighted by atomic mass is 35.5. The number of hydrogen-bond acceptors (Lipinski definition) is 6. The zero-order valence-electron chi connectivity index (χ0n) is 14.0. The summed E-state index contributed by atoms with van der Waals surface area (Å²) in [4.78, 5) is 23.5. The van der Waals surface area contributed by atoms with Crippen LogP contribution in [0.15, 0.2) is 12.1 Å². The van der Waals surface area contributed by atoms with E-state index < -0.39 is 18.5 Å². The maximum absolute atomic E-state index is 12.0. The highest BCUT2D eigenvalue weighted by Crippen LogP contribution is 2.36. The molecule has 0 aromatic heterocycles. The van der Waals surface area contributed by atoms with Gasteiger partial charge in [-0.2, -0.15) is 0 Å². The lowest BCUT2D eigenvalue weighted by Crippen LogP contribution is -2.31. The number of carbonyl (C=O) groups is 2. The van der Waals surface area contributed by atoms with Crippen molar-refractivity contribution in [2.24, 2.45) is 0 Å². The van der Waals surface area contributed by atoms with E-state index in [0.717, 1.165) is 6.42 Å². The van der Waals surface area contributed by atoms with E-state index in [9.17, 15) is 9.59 Å². The monoisotopic (exact) mass is 359 g/mol. The zero-order valence-corrected chi connectivity index (χ0v) is 14.8. The molecular weight excluding hydrogens is 338 g/mol. The first-order valence-corrected chi connectivity index (χ1v) is 7.84. The molecule has 0 saturated heterocycles. The van der Waals surface area contributed by atoms with Crippen LogP contribution < -0.4 is 14.8 Å². The number of amides is 1. The Balaban J connectivity index is 2.70. The van der Waals surface area contributed by atoms with Gasteiger partial charge in [-0.05, 0) is 18.6 Å². The second-order valence-electron chi connectivity index (χ2n) is 4.76. The van der Waals surface area contributed by atoms with E-state index in [4.69, 9.17) is 30.5 Å². The summed E-state index contributed by atoms with van der Waals surface area (Å²) in [7, 11) is 2.97. The Labute approximate surface area is 146 Å². The number of nitrogens with one attached hydrogen (secondary N) is 1. The molecule has 1 N–H and O–H groups in total. The first-order valence-electron chi connectivity index (χ1n) is 7.46. The molecule has 0 radical (unpaired) electrons.